The van der Waals surface area contributed by atoms with Crippen molar-refractivity contribution in [1.82, 2.24) is 0 Å². The fraction of sp³-hybridized carbons (Fsp3) is 0.649. The number of ether oxygens (including phenoxy) is 3. The molecule has 83 heavy (non-hydrogen) atoms. The molecule has 0 fully saturated rings. The molecule has 0 aliphatic rings. The number of hydrogen-bond donors (Lipinski definition) is 0. The molecule has 6 heteroatoms. The molecule has 0 N–H and O–H groups in total. The second-order valence-corrected chi connectivity index (χ2v) is 22.4. The van der Waals surface area contributed by atoms with Crippen LogP contribution in [0.5, 0.6) is 0 Å². The van der Waals surface area contributed by atoms with E-state index in [1.165, 1.54) is 103 Å². The molecule has 1 unspecified atom stereocenters. The van der Waals surface area contributed by atoms with Gasteiger partial charge in [-0.3, -0.25) is 14.4 Å². The van der Waals surface area contributed by atoms with Gasteiger partial charge in [0.2, 0.25) is 0 Å². The molecule has 0 amide bonds. The highest BCUT2D eigenvalue weighted by Gasteiger charge is 2.19. The molecule has 0 spiro atoms. The molecule has 0 heterocycles. The van der Waals surface area contributed by atoms with Crippen molar-refractivity contribution in [2.24, 2.45) is 0 Å². The van der Waals surface area contributed by atoms with Crippen LogP contribution >= 0.6 is 0 Å². The Bertz CT molecular complexity index is 1800. The topological polar surface area (TPSA) is 78.9 Å². The van der Waals surface area contributed by atoms with Gasteiger partial charge in [-0.25, -0.2) is 0 Å². The Morgan fingerprint density at radius 2 is 0.470 bits per heavy atom. The van der Waals surface area contributed by atoms with Crippen LogP contribution in [0, 0.1) is 0 Å². The van der Waals surface area contributed by atoms with Crippen molar-refractivity contribution in [2.45, 2.75) is 309 Å². The van der Waals surface area contributed by atoms with Gasteiger partial charge in [0, 0.05) is 19.3 Å². The van der Waals surface area contributed by atoms with Crippen LogP contribution in [0.15, 0.2) is 146 Å². The summed E-state index contributed by atoms with van der Waals surface area (Å²) >= 11 is 0. The summed E-state index contributed by atoms with van der Waals surface area (Å²) in [6.45, 7) is 6.42. The molecule has 1 atom stereocenters. The number of carbonyl (C=O) groups is 3. The van der Waals surface area contributed by atoms with Crippen LogP contribution in [0.1, 0.15) is 303 Å². The second kappa shape index (κ2) is 69.8. The van der Waals surface area contributed by atoms with Gasteiger partial charge in [-0.1, -0.05) is 301 Å². The van der Waals surface area contributed by atoms with E-state index in [4.69, 9.17) is 14.2 Å². The maximum Gasteiger partial charge on any atom is 0.306 e. The van der Waals surface area contributed by atoms with E-state index in [0.717, 1.165) is 161 Å². The summed E-state index contributed by atoms with van der Waals surface area (Å²) in [6, 6.07) is 0. The van der Waals surface area contributed by atoms with Crippen LogP contribution in [0.3, 0.4) is 0 Å². The molecule has 0 saturated heterocycles. The van der Waals surface area contributed by atoms with E-state index in [1.807, 2.05) is 0 Å². The highest BCUT2D eigenvalue weighted by molar-refractivity contribution is 5.71. The van der Waals surface area contributed by atoms with Gasteiger partial charge in [-0.2, -0.15) is 0 Å². The third kappa shape index (κ3) is 68.0. The van der Waals surface area contributed by atoms with Crippen molar-refractivity contribution in [1.29, 1.82) is 0 Å². The van der Waals surface area contributed by atoms with E-state index in [9.17, 15) is 14.4 Å². The van der Waals surface area contributed by atoms with Gasteiger partial charge in [0.25, 0.3) is 0 Å². The fourth-order valence-corrected chi connectivity index (χ4v) is 9.21. The Labute approximate surface area is 512 Å². The minimum Gasteiger partial charge on any atom is -0.462 e. The van der Waals surface area contributed by atoms with Crippen molar-refractivity contribution >= 4 is 17.9 Å². The molecule has 0 rings (SSSR count). The van der Waals surface area contributed by atoms with Crippen LogP contribution in [0.2, 0.25) is 0 Å². The lowest BCUT2D eigenvalue weighted by atomic mass is 10.0. The van der Waals surface area contributed by atoms with Crippen LogP contribution in [-0.4, -0.2) is 37.2 Å². The Hall–Kier alpha value is -4.71. The second-order valence-electron chi connectivity index (χ2n) is 22.4. The maximum atomic E-state index is 12.9. The zero-order chi connectivity index (χ0) is 59.9. The average molecular weight is 1150 g/mol. The number of rotatable bonds is 61. The van der Waals surface area contributed by atoms with E-state index in [0.29, 0.717) is 19.3 Å². The van der Waals surface area contributed by atoms with Gasteiger partial charge >= 0.3 is 17.9 Å². The summed E-state index contributed by atoms with van der Waals surface area (Å²) < 4.78 is 16.8. The largest absolute Gasteiger partial charge is 0.462 e. The van der Waals surface area contributed by atoms with Gasteiger partial charge in [-0.05, 0) is 128 Å². The van der Waals surface area contributed by atoms with Gasteiger partial charge in [0.05, 0.1) is 0 Å². The lowest BCUT2D eigenvalue weighted by Gasteiger charge is -2.18. The predicted octanol–water partition coefficient (Wildman–Crippen LogP) is 23.9. The highest BCUT2D eigenvalue weighted by atomic mass is 16.6. The molecular weight excluding hydrogens is 1020 g/mol. The third-order valence-electron chi connectivity index (χ3n) is 14.3. The highest BCUT2D eigenvalue weighted by Crippen LogP contribution is 2.16. The minimum absolute atomic E-state index is 0.0887. The summed E-state index contributed by atoms with van der Waals surface area (Å²) in [5.41, 5.74) is 0. The normalized spacial score (nSPS) is 13.0. The first kappa shape index (κ1) is 78.3. The SMILES string of the molecule is CC/C=C\C/C=C\C/C=C\C/C=C\C/C=C\C/C=C\C/C=C\C/C=C\C/C=C\CCCCCCCC(=O)OCC(COC(=O)CCCCCCC)OC(=O)CCCCCCCCCCCCCC/C=C\C/C=C\C/C=C\CCCCCCC. The maximum absolute atomic E-state index is 12.9. The van der Waals surface area contributed by atoms with E-state index >= 15 is 0 Å². The third-order valence-corrected chi connectivity index (χ3v) is 14.3. The Morgan fingerprint density at radius 1 is 0.253 bits per heavy atom. The van der Waals surface area contributed by atoms with Crippen LogP contribution in [0.4, 0.5) is 0 Å². The van der Waals surface area contributed by atoms with E-state index in [2.05, 4.69) is 167 Å². The number of esters is 3. The van der Waals surface area contributed by atoms with Crippen LogP contribution < -0.4 is 0 Å². The first-order valence-electron chi connectivity index (χ1n) is 34.3. The van der Waals surface area contributed by atoms with Crippen molar-refractivity contribution in [3.05, 3.63) is 146 Å². The smallest absolute Gasteiger partial charge is 0.306 e. The Balaban J connectivity index is 4.11. The van der Waals surface area contributed by atoms with Crippen LogP contribution in [-0.2, 0) is 28.6 Å². The molecule has 0 radical (unpaired) electrons. The lowest BCUT2D eigenvalue weighted by molar-refractivity contribution is -0.167. The monoisotopic (exact) mass is 1150 g/mol. The predicted molar refractivity (Wildman–Crippen MR) is 362 cm³/mol. The van der Waals surface area contributed by atoms with Crippen molar-refractivity contribution < 1.29 is 28.6 Å². The molecule has 0 aliphatic heterocycles. The zero-order valence-electron chi connectivity index (χ0n) is 53.9. The molecule has 6 nitrogen and oxygen atoms in total. The molecule has 0 aliphatic carbocycles. The van der Waals surface area contributed by atoms with Gasteiger partial charge < -0.3 is 14.2 Å². The number of allylic oxidation sites excluding steroid dienone is 24. The van der Waals surface area contributed by atoms with Crippen LogP contribution in [0.25, 0.3) is 0 Å². The average Bonchev–Trinajstić information content (AvgIpc) is 3.49. The fourth-order valence-electron chi connectivity index (χ4n) is 9.21. The Morgan fingerprint density at radius 3 is 0.735 bits per heavy atom. The summed E-state index contributed by atoms with van der Waals surface area (Å²) in [4.78, 5) is 38.0. The van der Waals surface area contributed by atoms with Gasteiger partial charge in [0.1, 0.15) is 13.2 Å². The van der Waals surface area contributed by atoms with E-state index in [1.54, 1.807) is 0 Å². The van der Waals surface area contributed by atoms with Gasteiger partial charge in [-0.15, -0.1) is 0 Å². The molecular formula is C77H126O6. The first-order valence-corrected chi connectivity index (χ1v) is 34.3. The number of hydrogen-bond acceptors (Lipinski definition) is 6. The van der Waals surface area contributed by atoms with Crippen molar-refractivity contribution in [3.63, 3.8) is 0 Å². The first-order chi connectivity index (χ1) is 41.0. The molecule has 0 aromatic heterocycles. The lowest BCUT2D eigenvalue weighted by Crippen LogP contribution is -2.30. The molecule has 0 aromatic carbocycles. The standard InChI is InChI=1S/C77H126O6/c1-4-7-10-13-15-17-19-21-23-25-27-29-31-33-35-36-37-38-39-40-42-43-45-47-49-51-53-55-57-59-61-64-67-70-76(79)82-73-74(72-81-75(78)69-66-63-12-9-6-3)83-77(80)71-68-65-62-60-58-56-54-52-50-48-46-44-41-34-32-30-28-26-24-22-20-18-16-14-11-8-5-2/h7,10,15,17,20-23,26-29,32-35,37-38,40,42,45,47,51,53,74H,4-6,8-9,11-14,16,18-19,24-25,30-31,36,39,41,43-44,46,48-50,52,54-73H2,1-3H3/b10-7-,17-15-,22-20-,23-21-,28-26-,29-27-,34-32-,35-33-,38-37-,42-40-,47-45-,53-51-. The summed E-state index contributed by atoms with van der Waals surface area (Å²) in [7, 11) is 0. The van der Waals surface area contributed by atoms with E-state index < -0.39 is 6.10 Å². The minimum atomic E-state index is -0.790. The molecule has 0 bridgehead atoms. The number of unbranched alkanes of at least 4 members (excludes halogenated alkanes) is 26. The summed E-state index contributed by atoms with van der Waals surface area (Å²) in [5, 5.41) is 0. The van der Waals surface area contributed by atoms with Gasteiger partial charge in [0.15, 0.2) is 6.10 Å². The zero-order valence-corrected chi connectivity index (χ0v) is 53.9. The van der Waals surface area contributed by atoms with E-state index in [-0.39, 0.29) is 31.1 Å². The van der Waals surface area contributed by atoms with Crippen molar-refractivity contribution in [3.8, 4) is 0 Å². The number of carbonyl (C=O) groups excluding carboxylic acids is 3. The quantitative estimate of drug-likeness (QED) is 0.0261. The molecule has 0 saturated carbocycles. The summed E-state index contributed by atoms with van der Waals surface area (Å²) in [6.07, 6.45) is 101. The molecule has 0 aromatic rings. The summed E-state index contributed by atoms with van der Waals surface area (Å²) in [5.74, 6) is -0.923. The Kier molecular flexibility index (Phi) is 65.8. The molecule has 470 valence electrons. The van der Waals surface area contributed by atoms with Crippen molar-refractivity contribution in [2.75, 3.05) is 13.2 Å².